The molecular formula is C15H30OP+. The van der Waals surface area contributed by atoms with E-state index in [0.29, 0.717) is 10.3 Å². The van der Waals surface area contributed by atoms with Crippen LogP contribution in [-0.4, -0.2) is 33.3 Å². The molecule has 4 unspecified atom stereocenters. The Labute approximate surface area is 108 Å². The molecule has 2 fully saturated rings. The molecule has 0 radical (unpaired) electrons. The van der Waals surface area contributed by atoms with Crippen LogP contribution in [0.25, 0.3) is 0 Å². The molecule has 2 heterocycles. The Kier molecular flexibility index (Phi) is 3.42. The summed E-state index contributed by atoms with van der Waals surface area (Å²) in [4.78, 5) is 0. The van der Waals surface area contributed by atoms with Gasteiger partial charge in [0, 0.05) is 20.1 Å². The van der Waals surface area contributed by atoms with E-state index in [9.17, 15) is 5.11 Å². The van der Waals surface area contributed by atoms with Crippen molar-refractivity contribution in [1.82, 2.24) is 0 Å². The lowest BCUT2D eigenvalue weighted by molar-refractivity contribution is 0.134. The second kappa shape index (κ2) is 4.20. The van der Waals surface area contributed by atoms with Crippen LogP contribution < -0.4 is 0 Å². The van der Waals surface area contributed by atoms with Gasteiger partial charge in [0.05, 0.1) is 28.2 Å². The summed E-state index contributed by atoms with van der Waals surface area (Å²) in [7, 11) is -0.979. The van der Waals surface area contributed by atoms with Crippen molar-refractivity contribution < 1.29 is 5.11 Å². The highest BCUT2D eigenvalue weighted by Gasteiger charge is 2.67. The first-order valence-corrected chi connectivity index (χ1v) is 9.33. The van der Waals surface area contributed by atoms with E-state index < -0.39 is 7.26 Å². The van der Waals surface area contributed by atoms with E-state index in [4.69, 9.17) is 0 Å². The maximum absolute atomic E-state index is 10.1. The zero-order chi connectivity index (χ0) is 12.9. The minimum absolute atomic E-state index is 0.0271. The molecule has 2 aliphatic rings. The lowest BCUT2D eigenvalue weighted by Crippen LogP contribution is -2.51. The molecule has 0 bridgehead atoms. The van der Waals surface area contributed by atoms with Gasteiger partial charge in [-0.3, -0.25) is 0 Å². The fraction of sp³-hybridized carbons (Fsp3) is 1.00. The average molecular weight is 257 g/mol. The van der Waals surface area contributed by atoms with E-state index in [1.165, 1.54) is 25.4 Å². The van der Waals surface area contributed by atoms with Crippen molar-refractivity contribution in [2.45, 2.75) is 88.8 Å². The second-order valence-electron chi connectivity index (χ2n) is 7.65. The Morgan fingerprint density at radius 1 is 1.24 bits per heavy atom. The Morgan fingerprint density at radius 3 is 2.47 bits per heavy atom. The zero-order valence-electron chi connectivity index (χ0n) is 12.3. The van der Waals surface area contributed by atoms with Gasteiger partial charge in [-0.1, -0.05) is 0 Å². The van der Waals surface area contributed by atoms with Gasteiger partial charge in [0.15, 0.2) is 0 Å². The molecule has 2 rings (SSSR count). The van der Waals surface area contributed by atoms with Crippen molar-refractivity contribution in [3.05, 3.63) is 0 Å². The predicted molar refractivity (Wildman–Crippen MR) is 78.5 cm³/mol. The molecule has 2 saturated heterocycles. The van der Waals surface area contributed by atoms with Gasteiger partial charge in [0.2, 0.25) is 0 Å². The lowest BCUT2D eigenvalue weighted by atomic mass is 9.93. The average Bonchev–Trinajstić information content (AvgIpc) is 2.14. The number of fused-ring (bicyclic) bond motifs is 1. The van der Waals surface area contributed by atoms with E-state index in [0.717, 1.165) is 18.5 Å². The predicted octanol–water partition coefficient (Wildman–Crippen LogP) is 4.29. The third-order valence-corrected chi connectivity index (χ3v) is 13.2. The fourth-order valence-corrected chi connectivity index (χ4v) is 13.3. The summed E-state index contributed by atoms with van der Waals surface area (Å²) in [6, 6.07) is 0. The summed E-state index contributed by atoms with van der Waals surface area (Å²) in [5, 5.41) is 11.0. The highest BCUT2D eigenvalue weighted by molar-refractivity contribution is 7.79. The highest BCUT2D eigenvalue weighted by atomic mass is 31.2. The van der Waals surface area contributed by atoms with Crippen LogP contribution in [0.1, 0.15) is 66.7 Å². The minimum atomic E-state index is -0.979. The number of rotatable bonds is 0. The fourth-order valence-electron chi connectivity index (χ4n) is 5.25. The molecular weight excluding hydrogens is 227 g/mol. The Morgan fingerprint density at radius 2 is 1.88 bits per heavy atom. The first-order chi connectivity index (χ1) is 7.73. The summed E-state index contributed by atoms with van der Waals surface area (Å²) in [6.45, 7) is 12.4. The monoisotopic (exact) mass is 257 g/mol. The van der Waals surface area contributed by atoms with Gasteiger partial charge in [-0.05, 0) is 53.9 Å². The van der Waals surface area contributed by atoms with Gasteiger partial charge in [0.25, 0.3) is 0 Å². The molecule has 0 aromatic carbocycles. The number of hydrogen-bond acceptors (Lipinski definition) is 1. The van der Waals surface area contributed by atoms with E-state index in [2.05, 4.69) is 34.6 Å². The van der Waals surface area contributed by atoms with Gasteiger partial charge >= 0.3 is 0 Å². The van der Waals surface area contributed by atoms with E-state index in [-0.39, 0.29) is 6.10 Å². The molecule has 4 atom stereocenters. The Balaban J connectivity index is 2.46. The van der Waals surface area contributed by atoms with E-state index in [1.807, 2.05) is 0 Å². The molecule has 1 N–H and O–H groups in total. The standard InChI is InChI=1S/C15H30OP/c1-12-7-6-9-15(5)11-13(16)8-10-17(12,15)14(2,3)4/h12-13,16H,6-11H2,1-5H3/q+1. The third-order valence-electron chi connectivity index (χ3n) is 5.74. The minimum Gasteiger partial charge on any atom is -0.393 e. The van der Waals surface area contributed by atoms with Gasteiger partial charge in [-0.25, -0.2) is 0 Å². The second-order valence-corrected chi connectivity index (χ2v) is 13.1. The van der Waals surface area contributed by atoms with Crippen molar-refractivity contribution in [3.8, 4) is 0 Å². The summed E-state index contributed by atoms with van der Waals surface area (Å²) >= 11 is 0. The molecule has 1 nitrogen and oxygen atoms in total. The SMILES string of the molecule is CC1CCCC2(C)CC(O)CC[P+]12C(C)(C)C. The van der Waals surface area contributed by atoms with Crippen molar-refractivity contribution in [2.75, 3.05) is 6.16 Å². The van der Waals surface area contributed by atoms with Crippen molar-refractivity contribution in [2.24, 2.45) is 0 Å². The largest absolute Gasteiger partial charge is 0.393 e. The molecule has 17 heavy (non-hydrogen) atoms. The van der Waals surface area contributed by atoms with Crippen molar-refractivity contribution >= 4 is 7.26 Å². The van der Waals surface area contributed by atoms with Crippen LogP contribution in [0.4, 0.5) is 0 Å². The van der Waals surface area contributed by atoms with E-state index in [1.54, 1.807) is 0 Å². The topological polar surface area (TPSA) is 20.2 Å². The third kappa shape index (κ3) is 1.89. The molecule has 0 aliphatic carbocycles. The summed E-state index contributed by atoms with van der Waals surface area (Å²) in [6.07, 6.45) is 7.60. The highest BCUT2D eigenvalue weighted by Crippen LogP contribution is 2.85. The van der Waals surface area contributed by atoms with Gasteiger partial charge in [-0.2, -0.15) is 0 Å². The molecule has 0 spiro atoms. The molecule has 100 valence electrons. The first kappa shape index (κ1) is 13.8. The van der Waals surface area contributed by atoms with Crippen LogP contribution >= 0.6 is 7.26 Å². The quantitative estimate of drug-likeness (QED) is 0.642. The molecule has 0 aromatic heterocycles. The molecule has 0 amide bonds. The van der Waals surface area contributed by atoms with Crippen LogP contribution in [0.15, 0.2) is 0 Å². The van der Waals surface area contributed by atoms with E-state index >= 15 is 0 Å². The Bertz CT molecular complexity index is 296. The van der Waals surface area contributed by atoms with Gasteiger partial charge in [0.1, 0.15) is 0 Å². The normalized spacial score (nSPS) is 47.6. The molecule has 2 aliphatic heterocycles. The molecule has 2 heteroatoms. The summed E-state index contributed by atoms with van der Waals surface area (Å²) in [5.41, 5.74) is 0.911. The van der Waals surface area contributed by atoms with Crippen LogP contribution in [0.2, 0.25) is 0 Å². The van der Waals surface area contributed by atoms with Crippen LogP contribution in [-0.2, 0) is 0 Å². The van der Waals surface area contributed by atoms with Crippen LogP contribution in [0.3, 0.4) is 0 Å². The van der Waals surface area contributed by atoms with Crippen LogP contribution in [0.5, 0.6) is 0 Å². The molecule has 0 aromatic rings. The number of aliphatic hydroxyl groups is 1. The van der Waals surface area contributed by atoms with Crippen molar-refractivity contribution in [1.29, 1.82) is 0 Å². The Hall–Kier alpha value is 0.390. The van der Waals surface area contributed by atoms with Gasteiger partial charge < -0.3 is 5.11 Å². The van der Waals surface area contributed by atoms with Crippen LogP contribution in [0, 0.1) is 0 Å². The lowest BCUT2D eigenvalue weighted by Gasteiger charge is -2.59. The van der Waals surface area contributed by atoms with Gasteiger partial charge in [-0.15, -0.1) is 0 Å². The summed E-state index contributed by atoms with van der Waals surface area (Å²) in [5.74, 6) is 0. The number of aliphatic hydroxyl groups excluding tert-OH is 1. The zero-order valence-corrected chi connectivity index (χ0v) is 13.2. The number of hydrogen-bond donors (Lipinski definition) is 1. The maximum atomic E-state index is 10.1. The maximum Gasteiger partial charge on any atom is 0.0803 e. The van der Waals surface area contributed by atoms with Crippen molar-refractivity contribution in [3.63, 3.8) is 0 Å². The summed E-state index contributed by atoms with van der Waals surface area (Å²) < 4.78 is 0. The smallest absolute Gasteiger partial charge is 0.0803 e. The first-order valence-electron chi connectivity index (χ1n) is 7.29. The molecule has 0 saturated carbocycles.